The van der Waals surface area contributed by atoms with Crippen molar-refractivity contribution in [2.75, 3.05) is 5.32 Å². The third kappa shape index (κ3) is 5.66. The minimum absolute atomic E-state index is 0. The number of carbonyl (C=O) groups is 2. The Morgan fingerprint density at radius 2 is 1.53 bits per heavy atom. The molecule has 0 saturated carbocycles. The number of hydroxylamine groups is 1. The Kier molecular flexibility index (Phi) is 8.10. The van der Waals surface area contributed by atoms with E-state index in [1.807, 2.05) is 18.2 Å². The van der Waals surface area contributed by atoms with E-state index in [0.717, 1.165) is 6.08 Å². The van der Waals surface area contributed by atoms with Crippen LogP contribution in [0.1, 0.15) is 15.9 Å². The topological polar surface area (TPSA) is 87.7 Å². The summed E-state index contributed by atoms with van der Waals surface area (Å²) in [5, 5.41) is 11.2. The van der Waals surface area contributed by atoms with Gasteiger partial charge in [0.15, 0.2) is 5.83 Å². The maximum absolute atomic E-state index is 13.8. The lowest BCUT2D eigenvalue weighted by Gasteiger charge is -2.13. The Bertz CT molecular complexity index is 1060. The predicted molar refractivity (Wildman–Crippen MR) is 114 cm³/mol. The van der Waals surface area contributed by atoms with Crippen molar-refractivity contribution in [3.05, 3.63) is 95.8 Å². The first-order chi connectivity index (χ1) is 14.1. The molecule has 0 fully saturated rings. The lowest BCUT2D eigenvalue weighted by atomic mass is 10.1. The second-order valence-electron chi connectivity index (χ2n) is 5.89. The number of anilines is 1. The molecule has 3 rings (SSSR count). The standard InChI is InChI=1S/C22H17FN2O4.ClH/c23-18(22(27)25-28)14-15-8-4-6-12-19(15)24-21(26)17-11-5-7-13-20(17)29-16-9-2-1-3-10-16;/h1-14,28H,(H,24,26)(H,25,27);1H. The van der Waals surface area contributed by atoms with Crippen molar-refractivity contribution in [2.45, 2.75) is 0 Å². The Morgan fingerprint density at radius 3 is 2.27 bits per heavy atom. The first-order valence-electron chi connectivity index (χ1n) is 8.62. The Balaban J connectivity index is 0.00000320. The van der Waals surface area contributed by atoms with Crippen LogP contribution in [0.5, 0.6) is 11.5 Å². The third-order valence-corrected chi connectivity index (χ3v) is 3.91. The summed E-state index contributed by atoms with van der Waals surface area (Å²) in [6.07, 6.45) is 0.910. The van der Waals surface area contributed by atoms with Crippen molar-refractivity contribution in [1.82, 2.24) is 5.48 Å². The second kappa shape index (κ2) is 10.8. The van der Waals surface area contributed by atoms with Gasteiger partial charge in [-0.15, -0.1) is 12.4 Å². The Labute approximate surface area is 178 Å². The Morgan fingerprint density at radius 1 is 0.900 bits per heavy atom. The lowest BCUT2D eigenvalue weighted by Crippen LogP contribution is -2.18. The van der Waals surface area contributed by atoms with E-state index >= 15 is 0 Å². The highest BCUT2D eigenvalue weighted by atomic mass is 35.5. The molecule has 30 heavy (non-hydrogen) atoms. The minimum Gasteiger partial charge on any atom is -0.457 e. The molecule has 0 saturated heterocycles. The molecule has 0 aliphatic rings. The first-order valence-corrected chi connectivity index (χ1v) is 8.62. The van der Waals surface area contributed by atoms with Crippen LogP contribution in [0.25, 0.3) is 6.08 Å². The van der Waals surface area contributed by atoms with Crippen LogP contribution < -0.4 is 15.5 Å². The van der Waals surface area contributed by atoms with Crippen molar-refractivity contribution < 1.29 is 23.9 Å². The van der Waals surface area contributed by atoms with E-state index < -0.39 is 17.6 Å². The van der Waals surface area contributed by atoms with Crippen molar-refractivity contribution in [3.63, 3.8) is 0 Å². The van der Waals surface area contributed by atoms with Gasteiger partial charge in [-0.2, -0.15) is 0 Å². The van der Waals surface area contributed by atoms with Crippen molar-refractivity contribution >= 4 is 36.0 Å². The maximum atomic E-state index is 13.8. The van der Waals surface area contributed by atoms with E-state index in [4.69, 9.17) is 9.94 Å². The number of ether oxygens (including phenoxy) is 1. The lowest BCUT2D eigenvalue weighted by molar-refractivity contribution is -0.126. The van der Waals surface area contributed by atoms with E-state index in [-0.39, 0.29) is 29.2 Å². The fraction of sp³-hybridized carbons (Fsp3) is 0. The average molecular weight is 429 g/mol. The summed E-state index contributed by atoms with van der Waals surface area (Å²) in [7, 11) is 0. The second-order valence-corrected chi connectivity index (χ2v) is 5.89. The molecule has 2 amide bonds. The van der Waals surface area contributed by atoms with Gasteiger partial charge in [-0.05, 0) is 36.4 Å². The van der Waals surface area contributed by atoms with Gasteiger partial charge in [-0.3, -0.25) is 14.8 Å². The largest absolute Gasteiger partial charge is 0.457 e. The number of benzene rings is 3. The number of rotatable bonds is 6. The molecule has 0 bridgehead atoms. The van der Waals surface area contributed by atoms with E-state index in [1.165, 1.54) is 11.5 Å². The van der Waals surface area contributed by atoms with Crippen molar-refractivity contribution in [2.24, 2.45) is 0 Å². The monoisotopic (exact) mass is 428 g/mol. The number of hydrogen-bond acceptors (Lipinski definition) is 4. The van der Waals surface area contributed by atoms with Crippen LogP contribution in [0, 0.1) is 0 Å². The minimum atomic E-state index is -1.28. The fourth-order valence-corrected chi connectivity index (χ4v) is 2.54. The molecule has 0 atom stereocenters. The zero-order valence-electron chi connectivity index (χ0n) is 15.5. The van der Waals surface area contributed by atoms with Gasteiger partial charge in [-0.25, -0.2) is 9.87 Å². The van der Waals surface area contributed by atoms with Crippen LogP contribution in [0.3, 0.4) is 0 Å². The Hall–Kier alpha value is -3.68. The van der Waals surface area contributed by atoms with Gasteiger partial charge in [0, 0.05) is 11.3 Å². The molecule has 0 aliphatic carbocycles. The maximum Gasteiger partial charge on any atom is 0.303 e. The van der Waals surface area contributed by atoms with Crippen LogP contribution in [0.15, 0.2) is 84.7 Å². The van der Waals surface area contributed by atoms with E-state index in [0.29, 0.717) is 11.5 Å². The molecule has 6 nitrogen and oxygen atoms in total. The van der Waals surface area contributed by atoms with Gasteiger partial charge < -0.3 is 10.1 Å². The highest BCUT2D eigenvalue weighted by Crippen LogP contribution is 2.27. The highest BCUT2D eigenvalue weighted by molar-refractivity contribution is 6.07. The predicted octanol–water partition coefficient (Wildman–Crippen LogP) is 4.97. The van der Waals surface area contributed by atoms with Crippen molar-refractivity contribution in [3.8, 4) is 11.5 Å². The average Bonchev–Trinajstić information content (AvgIpc) is 2.75. The van der Waals surface area contributed by atoms with Crippen LogP contribution in [-0.2, 0) is 4.79 Å². The van der Waals surface area contributed by atoms with Gasteiger partial charge >= 0.3 is 5.91 Å². The molecule has 0 heterocycles. The first kappa shape index (κ1) is 22.6. The quantitative estimate of drug-likeness (QED) is 0.294. The molecule has 3 N–H and O–H groups in total. The molecule has 0 unspecified atom stereocenters. The molecule has 0 aromatic heterocycles. The molecular weight excluding hydrogens is 411 g/mol. The number of halogens is 2. The molecule has 0 spiro atoms. The van der Waals surface area contributed by atoms with Gasteiger partial charge in [0.1, 0.15) is 11.5 Å². The van der Waals surface area contributed by atoms with Gasteiger partial charge in [0.2, 0.25) is 0 Å². The number of hydrogen-bond donors (Lipinski definition) is 3. The summed E-state index contributed by atoms with van der Waals surface area (Å²) in [6, 6.07) is 22.1. The molecule has 3 aromatic rings. The number of para-hydroxylation sites is 3. The molecule has 3 aromatic carbocycles. The summed E-state index contributed by atoms with van der Waals surface area (Å²) >= 11 is 0. The van der Waals surface area contributed by atoms with Crippen LogP contribution in [0.2, 0.25) is 0 Å². The summed E-state index contributed by atoms with van der Waals surface area (Å²) in [6.45, 7) is 0. The van der Waals surface area contributed by atoms with Crippen LogP contribution in [-0.4, -0.2) is 17.0 Å². The summed E-state index contributed by atoms with van der Waals surface area (Å²) in [5.41, 5.74) is 2.04. The van der Waals surface area contributed by atoms with Crippen LogP contribution in [0.4, 0.5) is 10.1 Å². The number of amides is 2. The molecule has 0 radical (unpaired) electrons. The van der Waals surface area contributed by atoms with E-state index in [1.54, 1.807) is 54.6 Å². The number of nitrogens with one attached hydrogen (secondary N) is 2. The van der Waals surface area contributed by atoms with E-state index in [9.17, 15) is 14.0 Å². The van der Waals surface area contributed by atoms with Crippen molar-refractivity contribution in [1.29, 1.82) is 0 Å². The molecular formula is C22H18ClFN2O4. The summed E-state index contributed by atoms with van der Waals surface area (Å²) in [5.74, 6) is -2.03. The third-order valence-electron chi connectivity index (χ3n) is 3.91. The van der Waals surface area contributed by atoms with E-state index in [2.05, 4.69) is 5.32 Å². The zero-order valence-corrected chi connectivity index (χ0v) is 16.4. The van der Waals surface area contributed by atoms with Gasteiger partial charge in [0.25, 0.3) is 5.91 Å². The molecule has 0 aliphatic heterocycles. The summed E-state index contributed by atoms with van der Waals surface area (Å²) < 4.78 is 19.6. The smallest absolute Gasteiger partial charge is 0.303 e. The zero-order chi connectivity index (χ0) is 20.6. The fourth-order valence-electron chi connectivity index (χ4n) is 2.54. The highest BCUT2D eigenvalue weighted by Gasteiger charge is 2.15. The molecule has 8 heteroatoms. The molecule has 154 valence electrons. The SMILES string of the molecule is Cl.O=C(NO)C(F)=Cc1ccccc1NC(=O)c1ccccc1Oc1ccccc1. The number of carbonyl (C=O) groups excluding carboxylic acids is 2. The van der Waals surface area contributed by atoms with Gasteiger partial charge in [-0.1, -0.05) is 48.5 Å². The normalized spacial score (nSPS) is 10.5. The van der Waals surface area contributed by atoms with Crippen LogP contribution >= 0.6 is 12.4 Å². The summed E-state index contributed by atoms with van der Waals surface area (Å²) in [4.78, 5) is 24.0. The van der Waals surface area contributed by atoms with Gasteiger partial charge in [0.05, 0.1) is 5.56 Å².